The Morgan fingerprint density at radius 3 is 2.90 bits per heavy atom. The second kappa shape index (κ2) is 2.96. The third kappa shape index (κ3) is 1.44. The topological polar surface area (TPSA) is 38.9 Å². The largest absolute Gasteiger partial charge is 0.384 e. The van der Waals surface area contributed by atoms with Crippen LogP contribution in [0.3, 0.4) is 0 Å². The normalized spacial score (nSPS) is 9.80. The molecule has 1 rings (SSSR count). The Labute approximate surface area is 66.4 Å². The first-order chi connectivity index (χ1) is 4.74. The van der Waals surface area contributed by atoms with Gasteiger partial charge in [0.25, 0.3) is 0 Å². The number of rotatable bonds is 1. The lowest BCUT2D eigenvalue weighted by Crippen LogP contribution is -1.91. The third-order valence-electron chi connectivity index (χ3n) is 1.10. The standard InChI is InChI=1S/C6H6BrFN2/c7-5-3-10-6(9)1-4(5)2-8/h1,3H,2H2,(H2,9,10). The lowest BCUT2D eigenvalue weighted by molar-refractivity contribution is 0.483. The van der Waals surface area contributed by atoms with Crippen molar-refractivity contribution in [2.24, 2.45) is 0 Å². The van der Waals surface area contributed by atoms with Crippen molar-refractivity contribution >= 4 is 21.7 Å². The fourth-order valence-electron chi connectivity index (χ4n) is 0.601. The molecular formula is C6H6BrFN2. The molecule has 0 spiro atoms. The average molecular weight is 205 g/mol. The first kappa shape index (κ1) is 7.47. The van der Waals surface area contributed by atoms with Gasteiger partial charge in [-0.1, -0.05) is 0 Å². The summed E-state index contributed by atoms with van der Waals surface area (Å²) in [6.45, 7) is -0.521. The summed E-state index contributed by atoms with van der Waals surface area (Å²) < 4.78 is 12.7. The molecule has 1 heterocycles. The van der Waals surface area contributed by atoms with Gasteiger partial charge in [-0.15, -0.1) is 0 Å². The predicted octanol–water partition coefficient (Wildman–Crippen LogP) is 1.90. The molecule has 0 amide bonds. The number of anilines is 1. The minimum atomic E-state index is -0.521. The van der Waals surface area contributed by atoms with Crippen molar-refractivity contribution in [3.63, 3.8) is 0 Å². The van der Waals surface area contributed by atoms with E-state index in [9.17, 15) is 4.39 Å². The van der Waals surface area contributed by atoms with E-state index in [0.29, 0.717) is 15.9 Å². The molecule has 2 nitrogen and oxygen atoms in total. The molecule has 4 heteroatoms. The summed E-state index contributed by atoms with van der Waals surface area (Å²) in [5, 5.41) is 0. The van der Waals surface area contributed by atoms with Crippen molar-refractivity contribution in [2.75, 3.05) is 5.73 Å². The molecule has 0 unspecified atom stereocenters. The van der Waals surface area contributed by atoms with Crippen LogP contribution < -0.4 is 5.73 Å². The number of hydrogen-bond donors (Lipinski definition) is 1. The zero-order valence-electron chi connectivity index (χ0n) is 5.14. The van der Waals surface area contributed by atoms with Crippen LogP contribution in [0.15, 0.2) is 16.7 Å². The molecule has 10 heavy (non-hydrogen) atoms. The van der Waals surface area contributed by atoms with Crippen LogP contribution in [-0.4, -0.2) is 4.98 Å². The lowest BCUT2D eigenvalue weighted by atomic mass is 10.3. The molecule has 0 aliphatic rings. The van der Waals surface area contributed by atoms with Crippen LogP contribution in [0.2, 0.25) is 0 Å². The van der Waals surface area contributed by atoms with Gasteiger partial charge in [-0.25, -0.2) is 9.37 Å². The van der Waals surface area contributed by atoms with E-state index in [0.717, 1.165) is 0 Å². The highest BCUT2D eigenvalue weighted by molar-refractivity contribution is 9.10. The summed E-state index contributed by atoms with van der Waals surface area (Å²) in [5.74, 6) is 0.343. The molecular weight excluding hydrogens is 199 g/mol. The third-order valence-corrected chi connectivity index (χ3v) is 1.81. The zero-order chi connectivity index (χ0) is 7.56. The van der Waals surface area contributed by atoms with Gasteiger partial charge < -0.3 is 5.73 Å². The van der Waals surface area contributed by atoms with Crippen molar-refractivity contribution in [1.82, 2.24) is 4.98 Å². The van der Waals surface area contributed by atoms with Gasteiger partial charge in [0.1, 0.15) is 12.5 Å². The van der Waals surface area contributed by atoms with E-state index < -0.39 is 6.67 Å². The van der Waals surface area contributed by atoms with Crippen molar-refractivity contribution in [2.45, 2.75) is 6.67 Å². The Balaban J connectivity index is 3.09. The van der Waals surface area contributed by atoms with Crippen LogP contribution in [0.25, 0.3) is 0 Å². The number of pyridine rings is 1. The van der Waals surface area contributed by atoms with E-state index in [1.807, 2.05) is 0 Å². The van der Waals surface area contributed by atoms with Crippen LogP contribution in [0.5, 0.6) is 0 Å². The Hall–Kier alpha value is -0.640. The average Bonchev–Trinajstić information content (AvgIpc) is 1.94. The van der Waals surface area contributed by atoms with E-state index in [1.54, 1.807) is 0 Å². The van der Waals surface area contributed by atoms with Gasteiger partial charge >= 0.3 is 0 Å². The molecule has 0 radical (unpaired) electrons. The van der Waals surface area contributed by atoms with Crippen molar-refractivity contribution in [3.8, 4) is 0 Å². The number of nitrogens with zero attached hydrogens (tertiary/aromatic N) is 1. The van der Waals surface area contributed by atoms with E-state index >= 15 is 0 Å². The number of nitrogens with two attached hydrogens (primary N) is 1. The summed E-state index contributed by atoms with van der Waals surface area (Å²) in [6, 6.07) is 1.50. The summed E-state index contributed by atoms with van der Waals surface area (Å²) in [4.78, 5) is 3.75. The fraction of sp³-hybridized carbons (Fsp3) is 0.167. The van der Waals surface area contributed by atoms with E-state index in [2.05, 4.69) is 20.9 Å². The Kier molecular flexibility index (Phi) is 2.21. The van der Waals surface area contributed by atoms with Crippen LogP contribution in [0.4, 0.5) is 10.2 Å². The molecule has 0 saturated heterocycles. The monoisotopic (exact) mass is 204 g/mol. The second-order valence-electron chi connectivity index (χ2n) is 1.83. The molecule has 0 bridgehead atoms. The fourth-order valence-corrected chi connectivity index (χ4v) is 0.924. The Morgan fingerprint density at radius 2 is 2.40 bits per heavy atom. The molecule has 0 aromatic carbocycles. The van der Waals surface area contributed by atoms with Crippen LogP contribution in [0, 0.1) is 0 Å². The van der Waals surface area contributed by atoms with E-state index in [4.69, 9.17) is 5.73 Å². The van der Waals surface area contributed by atoms with Crippen LogP contribution >= 0.6 is 15.9 Å². The van der Waals surface area contributed by atoms with Crippen LogP contribution in [-0.2, 0) is 6.67 Å². The van der Waals surface area contributed by atoms with Crippen LogP contribution in [0.1, 0.15) is 5.56 Å². The molecule has 0 saturated carbocycles. The highest BCUT2D eigenvalue weighted by Gasteiger charge is 1.98. The number of nitrogen functional groups attached to an aromatic ring is 1. The minimum absolute atomic E-state index is 0.343. The summed E-state index contributed by atoms with van der Waals surface area (Å²) in [5.41, 5.74) is 5.84. The highest BCUT2D eigenvalue weighted by Crippen LogP contribution is 2.17. The molecule has 54 valence electrons. The number of alkyl halides is 1. The maximum Gasteiger partial charge on any atom is 0.123 e. The van der Waals surface area contributed by atoms with Gasteiger partial charge in [-0.2, -0.15) is 0 Å². The Morgan fingerprint density at radius 1 is 1.70 bits per heavy atom. The smallest absolute Gasteiger partial charge is 0.123 e. The highest BCUT2D eigenvalue weighted by atomic mass is 79.9. The molecule has 0 aliphatic carbocycles. The Bertz CT molecular complexity index is 239. The lowest BCUT2D eigenvalue weighted by Gasteiger charge is -1.98. The summed E-state index contributed by atoms with van der Waals surface area (Å²) in [6.07, 6.45) is 1.49. The van der Waals surface area contributed by atoms with E-state index in [1.165, 1.54) is 12.3 Å². The van der Waals surface area contributed by atoms with Gasteiger partial charge in [0.05, 0.1) is 0 Å². The number of halogens is 2. The summed E-state index contributed by atoms with van der Waals surface area (Å²) >= 11 is 3.13. The molecule has 0 aliphatic heterocycles. The van der Waals surface area contributed by atoms with Crippen molar-refractivity contribution in [3.05, 3.63) is 22.3 Å². The minimum Gasteiger partial charge on any atom is -0.384 e. The molecule has 0 fully saturated rings. The van der Waals surface area contributed by atoms with Crippen molar-refractivity contribution < 1.29 is 4.39 Å². The zero-order valence-corrected chi connectivity index (χ0v) is 6.73. The van der Waals surface area contributed by atoms with Crippen molar-refractivity contribution in [1.29, 1.82) is 0 Å². The first-order valence-electron chi connectivity index (χ1n) is 2.70. The molecule has 1 aromatic rings. The molecule has 0 atom stereocenters. The van der Waals surface area contributed by atoms with E-state index in [-0.39, 0.29) is 0 Å². The first-order valence-corrected chi connectivity index (χ1v) is 3.49. The summed E-state index contributed by atoms with van der Waals surface area (Å²) in [7, 11) is 0. The SMILES string of the molecule is Nc1cc(CF)c(Br)cn1. The van der Waals surface area contributed by atoms with Gasteiger partial charge in [0, 0.05) is 16.2 Å². The maximum atomic E-state index is 12.1. The van der Waals surface area contributed by atoms with Gasteiger partial charge in [0.15, 0.2) is 0 Å². The molecule has 2 N–H and O–H groups in total. The number of aromatic nitrogens is 1. The van der Waals surface area contributed by atoms with Gasteiger partial charge in [-0.05, 0) is 22.0 Å². The number of hydrogen-bond acceptors (Lipinski definition) is 2. The predicted molar refractivity (Wildman–Crippen MR) is 41.2 cm³/mol. The molecule has 1 aromatic heterocycles. The second-order valence-corrected chi connectivity index (χ2v) is 2.69. The maximum absolute atomic E-state index is 12.1. The quantitative estimate of drug-likeness (QED) is 0.760. The van der Waals surface area contributed by atoms with Gasteiger partial charge in [-0.3, -0.25) is 0 Å². The van der Waals surface area contributed by atoms with Gasteiger partial charge in [0.2, 0.25) is 0 Å².